The van der Waals surface area contributed by atoms with Gasteiger partial charge in [-0.15, -0.1) is 0 Å². The van der Waals surface area contributed by atoms with E-state index in [4.69, 9.17) is 5.73 Å². The summed E-state index contributed by atoms with van der Waals surface area (Å²) in [6, 6.07) is 10.9. The molecule has 2 aromatic carbocycles. The molecular formula is C17H19BrFN. The second-order valence-electron chi connectivity index (χ2n) is 5.63. The highest BCUT2D eigenvalue weighted by Crippen LogP contribution is 2.28. The lowest BCUT2D eigenvalue weighted by molar-refractivity contribution is 0.488. The summed E-state index contributed by atoms with van der Waals surface area (Å²) in [7, 11) is 0. The third-order valence-electron chi connectivity index (χ3n) is 3.73. The Bertz CT molecular complexity index is 635. The van der Waals surface area contributed by atoms with Gasteiger partial charge >= 0.3 is 0 Å². The van der Waals surface area contributed by atoms with Crippen LogP contribution in [0, 0.1) is 19.7 Å². The third kappa shape index (κ3) is 3.28. The van der Waals surface area contributed by atoms with Gasteiger partial charge in [-0.25, -0.2) is 4.39 Å². The van der Waals surface area contributed by atoms with Gasteiger partial charge in [0.15, 0.2) is 0 Å². The quantitative estimate of drug-likeness (QED) is 0.869. The standard InChI is InChI=1S/C17H19BrFN/c1-11-4-5-14(8-12(11)2)17(3,20)10-13-9-15(19)6-7-16(13)18/h4-9H,10,20H2,1-3H3. The first-order valence-corrected chi connectivity index (χ1v) is 7.39. The van der Waals surface area contributed by atoms with Crippen LogP contribution in [-0.2, 0) is 12.0 Å². The van der Waals surface area contributed by atoms with Gasteiger partial charge in [-0.3, -0.25) is 0 Å². The van der Waals surface area contributed by atoms with Crippen LogP contribution in [0.1, 0.15) is 29.2 Å². The molecule has 20 heavy (non-hydrogen) atoms. The Balaban J connectivity index is 2.34. The molecule has 1 nitrogen and oxygen atoms in total. The molecule has 0 fully saturated rings. The molecule has 0 aliphatic carbocycles. The summed E-state index contributed by atoms with van der Waals surface area (Å²) in [4.78, 5) is 0. The van der Waals surface area contributed by atoms with Crippen LogP contribution < -0.4 is 5.73 Å². The van der Waals surface area contributed by atoms with E-state index in [-0.39, 0.29) is 5.82 Å². The Morgan fingerprint density at radius 3 is 2.45 bits per heavy atom. The van der Waals surface area contributed by atoms with Gasteiger partial charge in [0.05, 0.1) is 0 Å². The second-order valence-corrected chi connectivity index (χ2v) is 6.48. The van der Waals surface area contributed by atoms with Crippen molar-refractivity contribution in [3.05, 3.63) is 68.9 Å². The van der Waals surface area contributed by atoms with E-state index in [0.29, 0.717) is 6.42 Å². The zero-order chi connectivity index (χ0) is 14.9. The molecule has 1 unspecified atom stereocenters. The van der Waals surface area contributed by atoms with Crippen LogP contribution >= 0.6 is 15.9 Å². The molecule has 0 saturated heterocycles. The minimum absolute atomic E-state index is 0.237. The lowest BCUT2D eigenvalue weighted by Gasteiger charge is -2.27. The van der Waals surface area contributed by atoms with Gasteiger partial charge in [0.2, 0.25) is 0 Å². The van der Waals surface area contributed by atoms with Crippen LogP contribution in [0.2, 0.25) is 0 Å². The molecule has 1 atom stereocenters. The first-order valence-electron chi connectivity index (χ1n) is 6.60. The Kier molecular flexibility index (Phi) is 4.31. The van der Waals surface area contributed by atoms with Crippen LogP contribution in [0.15, 0.2) is 40.9 Å². The molecule has 2 N–H and O–H groups in total. The monoisotopic (exact) mass is 335 g/mol. The number of rotatable bonds is 3. The van der Waals surface area contributed by atoms with Crippen molar-refractivity contribution in [2.45, 2.75) is 32.7 Å². The van der Waals surface area contributed by atoms with Crippen molar-refractivity contribution in [2.75, 3.05) is 0 Å². The molecule has 0 bridgehead atoms. The van der Waals surface area contributed by atoms with E-state index in [9.17, 15) is 4.39 Å². The molecule has 0 aromatic heterocycles. The van der Waals surface area contributed by atoms with Gasteiger partial charge in [-0.2, -0.15) is 0 Å². The van der Waals surface area contributed by atoms with Crippen LogP contribution in [-0.4, -0.2) is 0 Å². The number of nitrogens with two attached hydrogens (primary N) is 1. The topological polar surface area (TPSA) is 26.0 Å². The molecule has 0 amide bonds. The summed E-state index contributed by atoms with van der Waals surface area (Å²) in [5.74, 6) is -0.237. The van der Waals surface area contributed by atoms with Gasteiger partial charge in [0.25, 0.3) is 0 Å². The summed E-state index contributed by atoms with van der Waals surface area (Å²) in [5.41, 5.74) is 10.3. The number of hydrogen-bond acceptors (Lipinski definition) is 1. The minimum Gasteiger partial charge on any atom is -0.321 e. The van der Waals surface area contributed by atoms with Crippen LogP contribution in [0.5, 0.6) is 0 Å². The van der Waals surface area contributed by atoms with Crippen molar-refractivity contribution in [3.63, 3.8) is 0 Å². The highest BCUT2D eigenvalue weighted by atomic mass is 79.9. The molecule has 0 spiro atoms. The summed E-state index contributed by atoms with van der Waals surface area (Å²) >= 11 is 3.46. The molecule has 0 heterocycles. The van der Waals surface area contributed by atoms with Gasteiger partial charge in [-0.1, -0.05) is 34.1 Å². The fourth-order valence-electron chi connectivity index (χ4n) is 2.27. The average Bonchev–Trinajstić information content (AvgIpc) is 2.36. The number of aryl methyl sites for hydroxylation is 2. The van der Waals surface area contributed by atoms with E-state index < -0.39 is 5.54 Å². The first-order chi connectivity index (χ1) is 9.29. The van der Waals surface area contributed by atoms with E-state index >= 15 is 0 Å². The molecule has 0 aliphatic heterocycles. The Hall–Kier alpha value is -1.19. The summed E-state index contributed by atoms with van der Waals surface area (Å²) in [5, 5.41) is 0. The van der Waals surface area contributed by atoms with Crippen LogP contribution in [0.3, 0.4) is 0 Å². The van der Waals surface area contributed by atoms with E-state index in [0.717, 1.165) is 15.6 Å². The predicted octanol–water partition coefficient (Wildman–Crippen LogP) is 4.62. The highest BCUT2D eigenvalue weighted by Gasteiger charge is 2.23. The third-order valence-corrected chi connectivity index (χ3v) is 4.51. The molecular weight excluding hydrogens is 317 g/mol. The predicted molar refractivity (Wildman–Crippen MR) is 85.3 cm³/mol. The maximum absolute atomic E-state index is 13.4. The number of hydrogen-bond donors (Lipinski definition) is 1. The van der Waals surface area contributed by atoms with Crippen molar-refractivity contribution in [1.29, 1.82) is 0 Å². The fourth-order valence-corrected chi connectivity index (χ4v) is 2.66. The largest absolute Gasteiger partial charge is 0.321 e. The first kappa shape index (κ1) is 15.2. The smallest absolute Gasteiger partial charge is 0.123 e. The SMILES string of the molecule is Cc1ccc(C(C)(N)Cc2cc(F)ccc2Br)cc1C. The van der Waals surface area contributed by atoms with E-state index in [1.807, 2.05) is 6.92 Å². The molecule has 0 radical (unpaired) electrons. The van der Waals surface area contributed by atoms with E-state index in [1.165, 1.54) is 23.3 Å². The van der Waals surface area contributed by atoms with Gasteiger partial charge in [-0.05, 0) is 67.6 Å². The Labute approximate surface area is 128 Å². The molecule has 2 rings (SSSR count). The second kappa shape index (κ2) is 5.66. The van der Waals surface area contributed by atoms with Gasteiger partial charge in [0, 0.05) is 10.0 Å². The molecule has 0 aliphatic rings. The number of benzene rings is 2. The molecule has 106 valence electrons. The summed E-state index contributed by atoms with van der Waals surface area (Å²) in [6.45, 7) is 6.14. The maximum Gasteiger partial charge on any atom is 0.123 e. The molecule has 2 aromatic rings. The van der Waals surface area contributed by atoms with Gasteiger partial charge in [0.1, 0.15) is 5.82 Å². The number of halogens is 2. The normalized spacial score (nSPS) is 14.1. The maximum atomic E-state index is 13.4. The van der Waals surface area contributed by atoms with Crippen LogP contribution in [0.4, 0.5) is 4.39 Å². The minimum atomic E-state index is -0.533. The van der Waals surface area contributed by atoms with E-state index in [1.54, 1.807) is 6.07 Å². The molecule has 3 heteroatoms. The zero-order valence-corrected chi connectivity index (χ0v) is 13.6. The van der Waals surface area contributed by atoms with Crippen molar-refractivity contribution in [2.24, 2.45) is 5.73 Å². The Morgan fingerprint density at radius 2 is 1.80 bits per heavy atom. The lowest BCUT2D eigenvalue weighted by Crippen LogP contribution is -2.35. The van der Waals surface area contributed by atoms with E-state index in [2.05, 4.69) is 48.0 Å². The van der Waals surface area contributed by atoms with Gasteiger partial charge < -0.3 is 5.73 Å². The highest BCUT2D eigenvalue weighted by molar-refractivity contribution is 9.10. The van der Waals surface area contributed by atoms with Crippen molar-refractivity contribution in [3.8, 4) is 0 Å². The lowest BCUT2D eigenvalue weighted by atomic mass is 9.85. The molecule has 0 saturated carbocycles. The zero-order valence-electron chi connectivity index (χ0n) is 12.0. The summed E-state index contributed by atoms with van der Waals surface area (Å²) < 4.78 is 14.3. The average molecular weight is 336 g/mol. The Morgan fingerprint density at radius 1 is 1.10 bits per heavy atom. The fraction of sp³-hybridized carbons (Fsp3) is 0.294. The van der Waals surface area contributed by atoms with Crippen molar-refractivity contribution >= 4 is 15.9 Å². The van der Waals surface area contributed by atoms with Crippen LogP contribution in [0.25, 0.3) is 0 Å². The van der Waals surface area contributed by atoms with Crippen molar-refractivity contribution < 1.29 is 4.39 Å². The van der Waals surface area contributed by atoms with Crippen molar-refractivity contribution in [1.82, 2.24) is 0 Å². The summed E-state index contributed by atoms with van der Waals surface area (Å²) in [6.07, 6.45) is 0.577.